The Balaban J connectivity index is 1.58. The Morgan fingerprint density at radius 2 is 2.08 bits per heavy atom. The molecule has 0 radical (unpaired) electrons. The van der Waals surface area contributed by atoms with E-state index in [0.29, 0.717) is 12.3 Å². The highest BCUT2D eigenvalue weighted by Crippen LogP contribution is 2.28. The highest BCUT2D eigenvalue weighted by Gasteiger charge is 2.31. The third kappa shape index (κ3) is 2.38. The normalized spacial score (nSPS) is 25.2. The number of thioether (sulfide) groups is 1. The lowest BCUT2D eigenvalue weighted by molar-refractivity contribution is -0.139. The predicted molar refractivity (Wildman–Crippen MR) is 53.0 cm³/mol. The molecule has 13 heavy (non-hydrogen) atoms. The van der Waals surface area contributed by atoms with E-state index in [0.717, 1.165) is 19.0 Å². The van der Waals surface area contributed by atoms with Crippen LogP contribution in [0.1, 0.15) is 6.42 Å². The maximum atomic E-state index is 10.4. The Labute approximate surface area is 82.5 Å². The number of carbonyl (C=O) groups is 1. The van der Waals surface area contributed by atoms with Gasteiger partial charge in [-0.15, -0.1) is 0 Å². The van der Waals surface area contributed by atoms with E-state index in [1.165, 1.54) is 18.1 Å². The third-order valence-electron chi connectivity index (χ3n) is 2.72. The Kier molecular flexibility index (Phi) is 2.79. The minimum Gasteiger partial charge on any atom is -0.481 e. The topological polar surface area (TPSA) is 40.5 Å². The number of aliphatic carboxylic acids is 1. The summed E-state index contributed by atoms with van der Waals surface area (Å²) in [6.07, 6.45) is 0.357. The Bertz CT molecular complexity index is 200. The summed E-state index contributed by atoms with van der Waals surface area (Å²) >= 11 is 2.01. The van der Waals surface area contributed by atoms with E-state index in [2.05, 4.69) is 4.90 Å². The van der Waals surface area contributed by atoms with Crippen molar-refractivity contribution in [2.75, 3.05) is 31.1 Å². The fourth-order valence-corrected chi connectivity index (χ4v) is 2.74. The SMILES string of the molecule is O=C(O)CC1CN(CC2CSC2)C1. The van der Waals surface area contributed by atoms with Crippen LogP contribution in [0.15, 0.2) is 0 Å². The van der Waals surface area contributed by atoms with E-state index < -0.39 is 5.97 Å². The molecule has 0 aromatic rings. The molecule has 0 unspecified atom stereocenters. The van der Waals surface area contributed by atoms with Crippen molar-refractivity contribution in [3.8, 4) is 0 Å². The zero-order valence-electron chi connectivity index (χ0n) is 7.61. The van der Waals surface area contributed by atoms with Crippen LogP contribution in [-0.2, 0) is 4.79 Å². The molecule has 0 aliphatic carbocycles. The van der Waals surface area contributed by atoms with Crippen molar-refractivity contribution in [1.82, 2.24) is 4.90 Å². The van der Waals surface area contributed by atoms with Crippen molar-refractivity contribution in [1.29, 1.82) is 0 Å². The Morgan fingerprint density at radius 1 is 1.38 bits per heavy atom. The summed E-state index contributed by atoms with van der Waals surface area (Å²) in [5.41, 5.74) is 0. The summed E-state index contributed by atoms with van der Waals surface area (Å²) in [4.78, 5) is 12.8. The summed E-state index contributed by atoms with van der Waals surface area (Å²) in [5, 5.41) is 8.55. The van der Waals surface area contributed by atoms with Crippen LogP contribution in [0.2, 0.25) is 0 Å². The Morgan fingerprint density at radius 3 is 2.54 bits per heavy atom. The molecule has 4 heteroatoms. The van der Waals surface area contributed by atoms with Crippen LogP contribution in [0.4, 0.5) is 0 Å². The van der Waals surface area contributed by atoms with Crippen molar-refractivity contribution in [2.45, 2.75) is 6.42 Å². The van der Waals surface area contributed by atoms with Gasteiger partial charge in [0, 0.05) is 19.6 Å². The number of nitrogens with zero attached hydrogens (tertiary/aromatic N) is 1. The fourth-order valence-electron chi connectivity index (χ4n) is 1.96. The van der Waals surface area contributed by atoms with Crippen LogP contribution in [-0.4, -0.2) is 47.1 Å². The third-order valence-corrected chi connectivity index (χ3v) is 4.13. The predicted octanol–water partition coefficient (Wildman–Crippen LogP) is 0.756. The smallest absolute Gasteiger partial charge is 0.303 e. The van der Waals surface area contributed by atoms with Gasteiger partial charge in [0.25, 0.3) is 0 Å². The number of hydrogen-bond acceptors (Lipinski definition) is 3. The number of hydrogen-bond donors (Lipinski definition) is 1. The average Bonchev–Trinajstić information content (AvgIpc) is 1.88. The van der Waals surface area contributed by atoms with Crippen LogP contribution in [0, 0.1) is 11.8 Å². The molecule has 0 atom stereocenters. The van der Waals surface area contributed by atoms with Crippen molar-refractivity contribution in [3.63, 3.8) is 0 Å². The van der Waals surface area contributed by atoms with Gasteiger partial charge in [0.05, 0.1) is 6.42 Å². The molecule has 3 nitrogen and oxygen atoms in total. The van der Waals surface area contributed by atoms with Gasteiger partial charge >= 0.3 is 5.97 Å². The first-order chi connectivity index (χ1) is 6.24. The zero-order chi connectivity index (χ0) is 9.26. The van der Waals surface area contributed by atoms with Gasteiger partial charge in [-0.05, 0) is 23.3 Å². The lowest BCUT2D eigenvalue weighted by Gasteiger charge is -2.42. The fraction of sp³-hybridized carbons (Fsp3) is 0.889. The highest BCUT2D eigenvalue weighted by molar-refractivity contribution is 8.00. The maximum absolute atomic E-state index is 10.4. The molecule has 74 valence electrons. The summed E-state index contributed by atoms with van der Waals surface area (Å²) in [6.45, 7) is 3.21. The Hall–Kier alpha value is -0.220. The van der Waals surface area contributed by atoms with E-state index in [9.17, 15) is 4.79 Å². The van der Waals surface area contributed by atoms with Gasteiger partial charge in [0.1, 0.15) is 0 Å². The molecular weight excluding hydrogens is 186 g/mol. The van der Waals surface area contributed by atoms with Crippen molar-refractivity contribution in [2.24, 2.45) is 11.8 Å². The lowest BCUT2D eigenvalue weighted by Crippen LogP contribution is -2.50. The van der Waals surface area contributed by atoms with Gasteiger partial charge < -0.3 is 10.0 Å². The molecule has 2 fully saturated rings. The monoisotopic (exact) mass is 201 g/mol. The molecule has 0 aromatic heterocycles. The number of carboxylic acid groups (broad SMARTS) is 1. The molecule has 0 saturated carbocycles. The minimum atomic E-state index is -0.649. The molecule has 1 N–H and O–H groups in total. The van der Waals surface area contributed by atoms with E-state index >= 15 is 0 Å². The van der Waals surface area contributed by atoms with E-state index in [-0.39, 0.29) is 0 Å². The number of likely N-dealkylation sites (tertiary alicyclic amines) is 1. The van der Waals surface area contributed by atoms with Crippen molar-refractivity contribution in [3.05, 3.63) is 0 Å². The first-order valence-corrected chi connectivity index (χ1v) is 5.91. The number of rotatable bonds is 4. The van der Waals surface area contributed by atoms with E-state index in [1.807, 2.05) is 11.8 Å². The zero-order valence-corrected chi connectivity index (χ0v) is 8.42. The molecule has 2 rings (SSSR count). The van der Waals surface area contributed by atoms with Gasteiger partial charge in [-0.25, -0.2) is 0 Å². The van der Waals surface area contributed by atoms with Crippen LogP contribution < -0.4 is 0 Å². The molecule has 2 saturated heterocycles. The summed E-state index contributed by atoms with van der Waals surface area (Å²) in [6, 6.07) is 0. The molecule has 0 aromatic carbocycles. The molecule has 2 heterocycles. The van der Waals surface area contributed by atoms with Gasteiger partial charge in [0.2, 0.25) is 0 Å². The summed E-state index contributed by atoms with van der Waals surface area (Å²) < 4.78 is 0. The summed E-state index contributed by atoms with van der Waals surface area (Å²) in [7, 11) is 0. The van der Waals surface area contributed by atoms with Crippen LogP contribution in [0.5, 0.6) is 0 Å². The summed E-state index contributed by atoms with van der Waals surface area (Å²) in [5.74, 6) is 3.27. The molecule has 2 aliphatic rings. The van der Waals surface area contributed by atoms with Crippen molar-refractivity contribution < 1.29 is 9.90 Å². The van der Waals surface area contributed by atoms with Crippen molar-refractivity contribution >= 4 is 17.7 Å². The molecular formula is C9H15NO2S. The maximum Gasteiger partial charge on any atom is 0.303 e. The molecule has 2 aliphatic heterocycles. The van der Waals surface area contributed by atoms with Crippen LogP contribution >= 0.6 is 11.8 Å². The van der Waals surface area contributed by atoms with Gasteiger partial charge in [-0.3, -0.25) is 4.79 Å². The first-order valence-electron chi connectivity index (χ1n) is 4.76. The second-order valence-electron chi connectivity index (χ2n) is 4.09. The standard InChI is InChI=1S/C9H15NO2S/c11-9(12)1-7-2-10(3-7)4-8-5-13-6-8/h7-8H,1-6H2,(H,11,12). The van der Waals surface area contributed by atoms with Crippen LogP contribution in [0.25, 0.3) is 0 Å². The minimum absolute atomic E-state index is 0.357. The van der Waals surface area contributed by atoms with Gasteiger partial charge in [0.15, 0.2) is 0 Å². The van der Waals surface area contributed by atoms with E-state index in [1.54, 1.807) is 0 Å². The lowest BCUT2D eigenvalue weighted by atomic mass is 9.95. The molecule has 0 spiro atoms. The quantitative estimate of drug-likeness (QED) is 0.729. The van der Waals surface area contributed by atoms with Crippen LogP contribution in [0.3, 0.4) is 0 Å². The second-order valence-corrected chi connectivity index (χ2v) is 5.16. The highest BCUT2D eigenvalue weighted by atomic mass is 32.2. The van der Waals surface area contributed by atoms with E-state index in [4.69, 9.17) is 5.11 Å². The average molecular weight is 201 g/mol. The van der Waals surface area contributed by atoms with Gasteiger partial charge in [-0.1, -0.05) is 0 Å². The second kappa shape index (κ2) is 3.88. The van der Waals surface area contributed by atoms with Gasteiger partial charge in [-0.2, -0.15) is 11.8 Å². The molecule has 0 amide bonds. The molecule has 0 bridgehead atoms. The number of carboxylic acids is 1. The first kappa shape index (κ1) is 9.34. The largest absolute Gasteiger partial charge is 0.481 e.